The van der Waals surface area contributed by atoms with Gasteiger partial charge in [0.15, 0.2) is 6.61 Å². The summed E-state index contributed by atoms with van der Waals surface area (Å²) in [6, 6.07) is 16.2. The monoisotopic (exact) mass is 396 g/mol. The average molecular weight is 396 g/mol. The highest BCUT2D eigenvalue weighted by atomic mass is 16.5. The summed E-state index contributed by atoms with van der Waals surface area (Å²) in [5.74, 6) is -1.23. The lowest BCUT2D eigenvalue weighted by atomic mass is 9.87. The zero-order chi connectivity index (χ0) is 21.4. The molecule has 154 valence electrons. The largest absolute Gasteiger partial charge is 0.455 e. The molecule has 0 radical (unpaired) electrons. The molecule has 0 heterocycles. The molecule has 0 aliphatic heterocycles. The fourth-order valence-corrected chi connectivity index (χ4v) is 2.81. The van der Waals surface area contributed by atoms with Crippen LogP contribution in [-0.2, 0) is 24.5 Å². The number of carbonyl (C=O) groups excluding carboxylic acids is 3. The molecule has 2 rings (SSSR count). The molecule has 6 nitrogen and oxygen atoms in total. The molecule has 0 fully saturated rings. The van der Waals surface area contributed by atoms with E-state index in [1.807, 2.05) is 54.6 Å². The molecule has 1 atom stereocenters. The van der Waals surface area contributed by atoms with E-state index < -0.39 is 17.9 Å². The Kier molecular flexibility index (Phi) is 7.53. The summed E-state index contributed by atoms with van der Waals surface area (Å²) in [4.78, 5) is 35.7. The van der Waals surface area contributed by atoms with E-state index in [0.29, 0.717) is 5.69 Å². The van der Waals surface area contributed by atoms with Crippen molar-refractivity contribution in [2.75, 3.05) is 11.9 Å². The van der Waals surface area contributed by atoms with Gasteiger partial charge in [-0.05, 0) is 28.7 Å². The van der Waals surface area contributed by atoms with Crippen LogP contribution in [0, 0.1) is 0 Å². The van der Waals surface area contributed by atoms with Crippen molar-refractivity contribution >= 4 is 23.5 Å². The third kappa shape index (κ3) is 7.41. The van der Waals surface area contributed by atoms with Crippen molar-refractivity contribution in [1.82, 2.24) is 5.32 Å². The third-order valence-corrected chi connectivity index (χ3v) is 4.35. The minimum atomic E-state index is -0.564. The first-order valence-corrected chi connectivity index (χ1v) is 9.53. The molecule has 0 aliphatic rings. The number of carbonyl (C=O) groups is 3. The molecule has 0 bridgehead atoms. The highest BCUT2D eigenvalue weighted by molar-refractivity contribution is 5.92. The Balaban J connectivity index is 1.87. The van der Waals surface area contributed by atoms with Crippen molar-refractivity contribution in [2.45, 2.75) is 45.6 Å². The predicted molar refractivity (Wildman–Crippen MR) is 112 cm³/mol. The quantitative estimate of drug-likeness (QED) is 0.699. The molecular formula is C23H28N2O4. The highest BCUT2D eigenvalue weighted by Gasteiger charge is 2.19. The topological polar surface area (TPSA) is 84.5 Å². The summed E-state index contributed by atoms with van der Waals surface area (Å²) in [5.41, 5.74) is 2.62. The summed E-state index contributed by atoms with van der Waals surface area (Å²) >= 11 is 0. The Bertz CT molecular complexity index is 839. The summed E-state index contributed by atoms with van der Waals surface area (Å²) in [6.45, 7) is 7.35. The molecule has 0 saturated carbocycles. The second-order valence-corrected chi connectivity index (χ2v) is 7.90. The Morgan fingerprint density at radius 1 is 0.966 bits per heavy atom. The number of rotatable bonds is 7. The molecule has 2 amide bonds. The molecule has 0 saturated heterocycles. The first-order valence-electron chi connectivity index (χ1n) is 9.53. The van der Waals surface area contributed by atoms with E-state index in [1.54, 1.807) is 0 Å². The van der Waals surface area contributed by atoms with E-state index in [-0.39, 0.29) is 24.3 Å². The number of hydrogen-bond donors (Lipinski definition) is 2. The Hall–Kier alpha value is -3.15. The zero-order valence-corrected chi connectivity index (χ0v) is 17.3. The van der Waals surface area contributed by atoms with E-state index in [9.17, 15) is 14.4 Å². The smallest absolute Gasteiger partial charge is 0.308 e. The van der Waals surface area contributed by atoms with Gasteiger partial charge in [0.25, 0.3) is 5.91 Å². The van der Waals surface area contributed by atoms with Gasteiger partial charge in [0, 0.05) is 12.6 Å². The number of hydrogen-bond acceptors (Lipinski definition) is 4. The van der Waals surface area contributed by atoms with Crippen LogP contribution >= 0.6 is 0 Å². The van der Waals surface area contributed by atoms with Crippen molar-refractivity contribution in [3.05, 3.63) is 65.7 Å². The fraction of sp³-hybridized carbons (Fsp3) is 0.348. The first-order chi connectivity index (χ1) is 13.6. The van der Waals surface area contributed by atoms with Gasteiger partial charge >= 0.3 is 5.97 Å². The Morgan fingerprint density at radius 3 is 2.14 bits per heavy atom. The molecule has 2 aromatic carbocycles. The van der Waals surface area contributed by atoms with Crippen LogP contribution in [0.5, 0.6) is 0 Å². The lowest BCUT2D eigenvalue weighted by Crippen LogP contribution is -2.29. The van der Waals surface area contributed by atoms with Crippen molar-refractivity contribution in [3.63, 3.8) is 0 Å². The maximum absolute atomic E-state index is 12.2. The number of benzene rings is 2. The van der Waals surface area contributed by atoms with Gasteiger partial charge in [-0.1, -0.05) is 63.2 Å². The van der Waals surface area contributed by atoms with Crippen LogP contribution in [-0.4, -0.2) is 24.4 Å². The van der Waals surface area contributed by atoms with Crippen LogP contribution in [0.15, 0.2) is 54.6 Å². The molecule has 0 spiro atoms. The van der Waals surface area contributed by atoms with E-state index in [1.165, 1.54) is 6.92 Å². The average Bonchev–Trinajstić information content (AvgIpc) is 2.66. The van der Waals surface area contributed by atoms with Crippen LogP contribution in [0.4, 0.5) is 5.69 Å². The van der Waals surface area contributed by atoms with Gasteiger partial charge in [-0.15, -0.1) is 0 Å². The number of amides is 2. The zero-order valence-electron chi connectivity index (χ0n) is 17.3. The van der Waals surface area contributed by atoms with Gasteiger partial charge in [-0.25, -0.2) is 0 Å². The van der Waals surface area contributed by atoms with Gasteiger partial charge in [-0.3, -0.25) is 14.4 Å². The van der Waals surface area contributed by atoms with Crippen LogP contribution in [0.3, 0.4) is 0 Å². The second kappa shape index (κ2) is 9.87. The SMILES string of the molecule is CC(=O)N[C@H](CC(=O)OCC(=O)Nc1ccc(C(C)(C)C)cc1)c1ccccc1. The molecule has 2 N–H and O–H groups in total. The summed E-state index contributed by atoms with van der Waals surface area (Å²) in [6.07, 6.45) is -0.0584. The number of esters is 1. The maximum Gasteiger partial charge on any atom is 0.308 e. The fourth-order valence-electron chi connectivity index (χ4n) is 2.81. The van der Waals surface area contributed by atoms with Gasteiger partial charge in [0.2, 0.25) is 5.91 Å². The summed E-state index contributed by atoms with van der Waals surface area (Å²) in [5, 5.41) is 5.44. The standard InChI is InChI=1S/C23H28N2O4/c1-16(26)24-20(17-8-6-5-7-9-17)14-22(28)29-15-21(27)25-19-12-10-18(11-13-19)23(2,3)4/h5-13,20H,14-15H2,1-4H3,(H,24,26)(H,25,27)/t20-/m1/s1. The van der Waals surface area contributed by atoms with Gasteiger partial charge in [0.1, 0.15) is 0 Å². The van der Waals surface area contributed by atoms with E-state index in [2.05, 4.69) is 31.4 Å². The van der Waals surface area contributed by atoms with Crippen molar-refractivity contribution in [2.24, 2.45) is 0 Å². The van der Waals surface area contributed by atoms with E-state index in [0.717, 1.165) is 11.1 Å². The maximum atomic E-state index is 12.2. The molecular weight excluding hydrogens is 368 g/mol. The lowest BCUT2D eigenvalue weighted by molar-refractivity contribution is -0.148. The third-order valence-electron chi connectivity index (χ3n) is 4.35. The van der Waals surface area contributed by atoms with Crippen LogP contribution in [0.2, 0.25) is 0 Å². The molecule has 2 aromatic rings. The molecule has 6 heteroatoms. The Morgan fingerprint density at radius 2 is 1.59 bits per heavy atom. The molecule has 0 aliphatic carbocycles. The van der Waals surface area contributed by atoms with E-state index >= 15 is 0 Å². The van der Waals surface area contributed by atoms with Crippen molar-refractivity contribution in [1.29, 1.82) is 0 Å². The first kappa shape index (κ1) is 22.1. The molecule has 29 heavy (non-hydrogen) atoms. The minimum absolute atomic E-state index is 0.0290. The van der Waals surface area contributed by atoms with Crippen LogP contribution < -0.4 is 10.6 Å². The molecule has 0 unspecified atom stereocenters. The minimum Gasteiger partial charge on any atom is -0.455 e. The number of nitrogens with one attached hydrogen (secondary N) is 2. The summed E-state index contributed by atoms with van der Waals surface area (Å²) < 4.78 is 5.09. The van der Waals surface area contributed by atoms with Crippen molar-refractivity contribution in [3.8, 4) is 0 Å². The summed E-state index contributed by atoms with van der Waals surface area (Å²) in [7, 11) is 0. The predicted octanol–water partition coefficient (Wildman–Crippen LogP) is 3.73. The molecule has 0 aromatic heterocycles. The number of anilines is 1. The second-order valence-electron chi connectivity index (χ2n) is 7.90. The van der Waals surface area contributed by atoms with Gasteiger partial charge in [-0.2, -0.15) is 0 Å². The highest BCUT2D eigenvalue weighted by Crippen LogP contribution is 2.23. The van der Waals surface area contributed by atoms with Crippen LogP contribution in [0.1, 0.15) is 51.3 Å². The normalized spacial score (nSPS) is 12.0. The van der Waals surface area contributed by atoms with Gasteiger partial charge in [0.05, 0.1) is 12.5 Å². The van der Waals surface area contributed by atoms with Crippen molar-refractivity contribution < 1.29 is 19.1 Å². The number of ether oxygens (including phenoxy) is 1. The lowest BCUT2D eigenvalue weighted by Gasteiger charge is -2.19. The van der Waals surface area contributed by atoms with Gasteiger partial charge < -0.3 is 15.4 Å². The van der Waals surface area contributed by atoms with Crippen LogP contribution in [0.25, 0.3) is 0 Å². The Labute approximate surface area is 171 Å². The van der Waals surface area contributed by atoms with E-state index in [4.69, 9.17) is 4.74 Å².